The zero-order chi connectivity index (χ0) is 4.83. The highest BCUT2D eigenvalue weighted by Gasteiger charge is 1.76. The molecule has 0 N–H and O–H groups in total. The first-order valence-corrected chi connectivity index (χ1v) is 3.81. The van der Waals surface area contributed by atoms with Crippen molar-refractivity contribution in [1.82, 2.24) is 0 Å². The standard InChI is InChI=1S/C4H9S2/c1-2-3-6-4-5/h2-4H2,1H3. The van der Waals surface area contributed by atoms with Gasteiger partial charge in [-0.05, 0) is 12.2 Å². The van der Waals surface area contributed by atoms with Crippen LogP contribution in [0.4, 0.5) is 0 Å². The maximum atomic E-state index is 4.68. The molecule has 0 saturated carbocycles. The Morgan fingerprint density at radius 3 is 2.50 bits per heavy atom. The van der Waals surface area contributed by atoms with Gasteiger partial charge in [-0.3, -0.25) is 0 Å². The molecule has 0 heterocycles. The van der Waals surface area contributed by atoms with Crippen molar-refractivity contribution in [3.8, 4) is 0 Å². The van der Waals surface area contributed by atoms with Crippen LogP contribution in [0.15, 0.2) is 0 Å². The van der Waals surface area contributed by atoms with E-state index < -0.39 is 0 Å². The van der Waals surface area contributed by atoms with E-state index in [1.165, 1.54) is 12.2 Å². The van der Waals surface area contributed by atoms with Crippen LogP contribution in [0.25, 0.3) is 0 Å². The summed E-state index contributed by atoms with van der Waals surface area (Å²) < 4.78 is 0. The summed E-state index contributed by atoms with van der Waals surface area (Å²) in [5.74, 6) is 1.23. The van der Waals surface area contributed by atoms with E-state index in [-0.39, 0.29) is 0 Å². The molecular weight excluding hydrogens is 112 g/mol. The van der Waals surface area contributed by atoms with Crippen molar-refractivity contribution in [2.24, 2.45) is 0 Å². The average Bonchev–Trinajstić information content (AvgIpc) is 1.61. The smallest absolute Gasteiger partial charge is 0.0496 e. The van der Waals surface area contributed by atoms with E-state index >= 15 is 0 Å². The van der Waals surface area contributed by atoms with Crippen molar-refractivity contribution in [3.05, 3.63) is 0 Å². The highest BCUT2D eigenvalue weighted by molar-refractivity contribution is 8.09. The molecule has 0 aliphatic rings. The molecule has 0 aliphatic carbocycles. The van der Waals surface area contributed by atoms with E-state index in [1.807, 2.05) is 11.8 Å². The number of rotatable bonds is 3. The highest BCUT2D eigenvalue weighted by Crippen LogP contribution is 2.01. The van der Waals surface area contributed by atoms with Crippen LogP contribution in [0.5, 0.6) is 0 Å². The van der Waals surface area contributed by atoms with E-state index in [1.54, 1.807) is 0 Å². The SMILES string of the molecule is CCCSC[S]. The summed E-state index contributed by atoms with van der Waals surface area (Å²) >= 11 is 6.50. The van der Waals surface area contributed by atoms with Crippen molar-refractivity contribution in [2.75, 3.05) is 10.8 Å². The molecule has 6 heavy (non-hydrogen) atoms. The Hall–Kier alpha value is 0.700. The summed E-state index contributed by atoms with van der Waals surface area (Å²) in [6, 6.07) is 0. The van der Waals surface area contributed by atoms with Crippen LogP contribution in [-0.2, 0) is 0 Å². The highest BCUT2D eigenvalue weighted by atomic mass is 32.2. The lowest BCUT2D eigenvalue weighted by Gasteiger charge is -1.85. The summed E-state index contributed by atoms with van der Waals surface area (Å²) in [5, 5.41) is 0.855. The summed E-state index contributed by atoms with van der Waals surface area (Å²) in [6.45, 7) is 2.16. The van der Waals surface area contributed by atoms with Crippen LogP contribution in [0.1, 0.15) is 13.3 Å². The minimum absolute atomic E-state index is 0.855. The molecule has 0 nitrogen and oxygen atoms in total. The lowest BCUT2D eigenvalue weighted by Crippen LogP contribution is -1.69. The largest absolute Gasteiger partial charge is 0.150 e. The first kappa shape index (κ1) is 6.70. The van der Waals surface area contributed by atoms with E-state index in [4.69, 9.17) is 0 Å². The zero-order valence-electron chi connectivity index (χ0n) is 3.94. The molecule has 0 fully saturated rings. The maximum Gasteiger partial charge on any atom is 0.0496 e. The minimum Gasteiger partial charge on any atom is -0.150 e. The predicted molar refractivity (Wildman–Crippen MR) is 35.2 cm³/mol. The molecule has 2 heteroatoms. The molecule has 0 aromatic rings. The van der Waals surface area contributed by atoms with Crippen molar-refractivity contribution in [1.29, 1.82) is 0 Å². The summed E-state index contributed by atoms with van der Waals surface area (Å²) in [6.07, 6.45) is 1.25. The van der Waals surface area contributed by atoms with Gasteiger partial charge < -0.3 is 0 Å². The Bertz CT molecular complexity index is 17.5. The summed E-state index contributed by atoms with van der Waals surface area (Å²) in [4.78, 5) is 0. The Labute approximate surface area is 49.1 Å². The predicted octanol–water partition coefficient (Wildman–Crippen LogP) is 2.28. The second kappa shape index (κ2) is 5.70. The number of thioether (sulfide) groups is 1. The average molecular weight is 121 g/mol. The quantitative estimate of drug-likeness (QED) is 0.516. The zero-order valence-corrected chi connectivity index (χ0v) is 5.57. The molecule has 0 bridgehead atoms. The Kier molecular flexibility index (Phi) is 6.36. The van der Waals surface area contributed by atoms with E-state index in [0.717, 1.165) is 5.08 Å². The lowest BCUT2D eigenvalue weighted by molar-refractivity contribution is 1.11. The molecule has 37 valence electrons. The van der Waals surface area contributed by atoms with Crippen molar-refractivity contribution in [2.45, 2.75) is 13.3 Å². The third kappa shape index (κ3) is 4.70. The Morgan fingerprint density at radius 2 is 2.33 bits per heavy atom. The Balaban J connectivity index is 2.34. The molecule has 0 aliphatic heterocycles. The van der Waals surface area contributed by atoms with Gasteiger partial charge in [-0.15, -0.1) is 0 Å². The van der Waals surface area contributed by atoms with Gasteiger partial charge in [0.2, 0.25) is 0 Å². The lowest BCUT2D eigenvalue weighted by atomic mass is 10.6. The van der Waals surface area contributed by atoms with Crippen LogP contribution < -0.4 is 0 Å². The normalized spacial score (nSPS) is 9.00. The molecule has 0 atom stereocenters. The molecule has 0 amide bonds. The van der Waals surface area contributed by atoms with Gasteiger partial charge in [0, 0.05) is 5.08 Å². The van der Waals surface area contributed by atoms with Gasteiger partial charge >= 0.3 is 0 Å². The second-order valence-corrected chi connectivity index (χ2v) is 2.79. The molecule has 0 spiro atoms. The van der Waals surface area contributed by atoms with Gasteiger partial charge in [-0.25, -0.2) is 0 Å². The second-order valence-electron chi connectivity index (χ2n) is 1.03. The van der Waals surface area contributed by atoms with Crippen LogP contribution in [0.3, 0.4) is 0 Å². The van der Waals surface area contributed by atoms with Crippen molar-refractivity contribution >= 4 is 24.4 Å². The van der Waals surface area contributed by atoms with E-state index in [0.29, 0.717) is 0 Å². The van der Waals surface area contributed by atoms with Crippen LogP contribution in [0, 0.1) is 0 Å². The van der Waals surface area contributed by atoms with Crippen LogP contribution in [0.2, 0.25) is 0 Å². The van der Waals surface area contributed by atoms with Crippen LogP contribution >= 0.6 is 24.4 Å². The third-order valence-corrected chi connectivity index (χ3v) is 1.80. The monoisotopic (exact) mass is 121 g/mol. The molecule has 0 saturated heterocycles. The topological polar surface area (TPSA) is 0 Å². The van der Waals surface area contributed by atoms with Crippen LogP contribution in [-0.4, -0.2) is 10.8 Å². The fraction of sp³-hybridized carbons (Fsp3) is 1.00. The first-order valence-electron chi connectivity index (χ1n) is 2.07. The number of hydrogen-bond donors (Lipinski definition) is 0. The van der Waals surface area contributed by atoms with E-state index in [2.05, 4.69) is 19.6 Å². The number of hydrogen-bond acceptors (Lipinski definition) is 1. The molecule has 1 radical (unpaired) electrons. The maximum absolute atomic E-state index is 4.68. The summed E-state index contributed by atoms with van der Waals surface area (Å²) in [7, 11) is 0. The van der Waals surface area contributed by atoms with E-state index in [9.17, 15) is 0 Å². The molecule has 0 aromatic carbocycles. The first-order chi connectivity index (χ1) is 2.91. The van der Waals surface area contributed by atoms with Crippen molar-refractivity contribution in [3.63, 3.8) is 0 Å². The van der Waals surface area contributed by atoms with Gasteiger partial charge in [0.25, 0.3) is 0 Å². The van der Waals surface area contributed by atoms with Gasteiger partial charge in [-0.2, -0.15) is 11.8 Å². The van der Waals surface area contributed by atoms with Gasteiger partial charge in [0.15, 0.2) is 0 Å². The van der Waals surface area contributed by atoms with Gasteiger partial charge in [0.05, 0.1) is 0 Å². The molecule has 0 unspecified atom stereocenters. The van der Waals surface area contributed by atoms with Gasteiger partial charge in [-0.1, -0.05) is 19.6 Å². The fourth-order valence-electron chi connectivity index (χ4n) is 0.203. The summed E-state index contributed by atoms with van der Waals surface area (Å²) in [5.41, 5.74) is 0. The molecular formula is C4H9S2. The third-order valence-electron chi connectivity index (χ3n) is 0.432. The Morgan fingerprint density at radius 1 is 1.67 bits per heavy atom. The minimum atomic E-state index is 0.855. The van der Waals surface area contributed by atoms with Gasteiger partial charge in [0.1, 0.15) is 0 Å². The fourth-order valence-corrected chi connectivity index (χ4v) is 0.963. The van der Waals surface area contributed by atoms with Crippen molar-refractivity contribution < 1.29 is 0 Å². The molecule has 0 rings (SSSR count). The molecule has 0 aromatic heterocycles.